The molecule has 6 rings (SSSR count). The molecule has 0 nitrogen and oxygen atoms in total. The van der Waals surface area contributed by atoms with Crippen molar-refractivity contribution < 1.29 is 24.7 Å². The molecule has 0 aliphatic heterocycles. The van der Waals surface area contributed by atoms with Crippen LogP contribution >= 0.6 is 0 Å². The second-order valence-corrected chi connectivity index (χ2v) is 6.00. The van der Waals surface area contributed by atoms with Crippen LogP contribution in [0.1, 0.15) is 24.7 Å². The van der Waals surface area contributed by atoms with Gasteiger partial charge in [-0.25, -0.2) is 0 Å². The summed E-state index contributed by atoms with van der Waals surface area (Å²) in [5.74, 6) is 0. The van der Waals surface area contributed by atoms with Gasteiger partial charge in [-0.05, 0) is 66.3 Å². The summed E-state index contributed by atoms with van der Waals surface area (Å²) in [6, 6.07) is -13.7. The predicted molar refractivity (Wildman–Crippen MR) is 122 cm³/mol. The minimum atomic E-state index is -0.798. The first-order valence-electron chi connectivity index (χ1n) is 17.2. The molecule has 0 atom stereocenters. The summed E-state index contributed by atoms with van der Waals surface area (Å²) in [6.45, 7) is 0. The Hall–Kier alpha value is -3.64. The van der Waals surface area contributed by atoms with Crippen molar-refractivity contribution in [1.82, 2.24) is 0 Å². The van der Waals surface area contributed by atoms with Gasteiger partial charge in [-0.2, -0.15) is 0 Å². The number of hydrogen-bond acceptors (Lipinski definition) is 0. The number of benzene rings is 6. The maximum Gasteiger partial charge on any atom is 0.0636 e. The van der Waals surface area contributed by atoms with Crippen molar-refractivity contribution in [3.8, 4) is 11.1 Å². The molecule has 0 aromatic heterocycles. The molecule has 0 radical (unpaired) electrons. The van der Waals surface area contributed by atoms with E-state index in [1.807, 2.05) is 0 Å². The first-order chi connectivity index (χ1) is 21.4. The molecule has 0 fully saturated rings. The maximum absolute atomic E-state index is 8.97. The Morgan fingerprint density at radius 3 is 0.893 bits per heavy atom. The van der Waals surface area contributed by atoms with E-state index in [0.29, 0.717) is 0 Å². The van der Waals surface area contributed by atoms with Gasteiger partial charge in [0.25, 0.3) is 0 Å². The second-order valence-electron chi connectivity index (χ2n) is 6.00. The molecule has 0 bridgehead atoms. The molecule has 0 saturated heterocycles. The van der Waals surface area contributed by atoms with E-state index in [1.165, 1.54) is 0 Å². The molecule has 130 valence electrons. The summed E-state index contributed by atoms with van der Waals surface area (Å²) in [5, 5.41) is -3.87. The Balaban J connectivity index is 2.21. The average Bonchev–Trinajstić information content (AvgIpc) is 3.02. The Morgan fingerprint density at radius 1 is 0.357 bits per heavy atom. The van der Waals surface area contributed by atoms with Gasteiger partial charge in [0.1, 0.15) is 0 Å². The lowest BCUT2D eigenvalue weighted by Gasteiger charge is -2.17. The van der Waals surface area contributed by atoms with Crippen LogP contribution in [0.5, 0.6) is 0 Å². The normalized spacial score (nSPS) is 20.6. The lowest BCUT2D eigenvalue weighted by Crippen LogP contribution is -1.89. The molecule has 6 aromatic carbocycles. The van der Waals surface area contributed by atoms with Crippen LogP contribution in [0, 0.1) is 0 Å². The van der Waals surface area contributed by atoms with E-state index in [2.05, 4.69) is 0 Å². The molecular formula is C28H18. The average molecular weight is 373 g/mol. The van der Waals surface area contributed by atoms with E-state index in [4.69, 9.17) is 24.7 Å². The number of rotatable bonds is 1. The first-order valence-corrected chi connectivity index (χ1v) is 8.25. The van der Waals surface area contributed by atoms with E-state index in [0.717, 1.165) is 0 Å². The Morgan fingerprint density at radius 2 is 0.607 bits per heavy atom. The van der Waals surface area contributed by atoms with E-state index in [-0.39, 0.29) is 0 Å². The van der Waals surface area contributed by atoms with E-state index in [9.17, 15) is 0 Å². The zero-order valence-corrected chi connectivity index (χ0v) is 14.0. The van der Waals surface area contributed by atoms with Gasteiger partial charge in [-0.1, -0.05) is 96.7 Å². The third-order valence-electron chi connectivity index (χ3n) is 4.50. The fraction of sp³-hybridized carbons (Fsp3) is 0. The molecular weight excluding hydrogens is 336 g/mol. The van der Waals surface area contributed by atoms with Crippen molar-refractivity contribution in [2.24, 2.45) is 0 Å². The highest BCUT2D eigenvalue weighted by Crippen LogP contribution is 2.43. The third kappa shape index (κ3) is 2.18. The van der Waals surface area contributed by atoms with E-state index < -0.39 is 163 Å². The van der Waals surface area contributed by atoms with Crippen LogP contribution in [0.15, 0.2) is 109 Å². The van der Waals surface area contributed by atoms with Gasteiger partial charge in [-0.3, -0.25) is 0 Å². The first kappa shape index (κ1) is 5.93. The third-order valence-corrected chi connectivity index (χ3v) is 4.50. The Kier molecular flexibility index (Phi) is 1.26. The van der Waals surface area contributed by atoms with Crippen LogP contribution in [0.4, 0.5) is 0 Å². The monoisotopic (exact) mass is 372 g/mol. The summed E-state index contributed by atoms with van der Waals surface area (Å²) >= 11 is 0. The molecule has 0 unspecified atom stereocenters. The molecule has 0 heteroatoms. The van der Waals surface area contributed by atoms with Crippen LogP contribution in [0.3, 0.4) is 0 Å². The van der Waals surface area contributed by atoms with Gasteiger partial charge in [0, 0.05) is 0 Å². The van der Waals surface area contributed by atoms with E-state index >= 15 is 0 Å². The summed E-state index contributed by atoms with van der Waals surface area (Å²) in [4.78, 5) is 0. The van der Waals surface area contributed by atoms with Gasteiger partial charge in [0.15, 0.2) is 0 Å². The summed E-state index contributed by atoms with van der Waals surface area (Å²) in [5.41, 5.74) is -0.935. The molecule has 0 saturated carbocycles. The number of hydrogen-bond donors (Lipinski definition) is 0. The van der Waals surface area contributed by atoms with Gasteiger partial charge in [0.05, 0.1) is 24.7 Å². The lowest BCUT2D eigenvalue weighted by atomic mass is 9.86. The Bertz CT molecular complexity index is 2110. The van der Waals surface area contributed by atoms with E-state index in [1.54, 1.807) is 0 Å². The zero-order valence-electron chi connectivity index (χ0n) is 32.0. The molecule has 0 spiro atoms. The van der Waals surface area contributed by atoms with Gasteiger partial charge in [0.2, 0.25) is 0 Å². The topological polar surface area (TPSA) is 0 Å². The molecule has 6 aromatic rings. The standard InChI is InChI=1S/C28H18/c1-5-13-23-19(9-1)17-20-10-2-6-14-24(20)27(23)28-25-15-7-3-11-21(25)18-22-12-4-8-16-26(22)28/h1-18H/i1D,2D,3D,4D,5D,6D,7D,8D,9D,10D,11D,12D,13D,14D,15D,16D,17D,18D. The van der Waals surface area contributed by atoms with Gasteiger partial charge in [-0.15, -0.1) is 0 Å². The lowest BCUT2D eigenvalue weighted by molar-refractivity contribution is 1.72. The summed E-state index contributed by atoms with van der Waals surface area (Å²) in [6.07, 6.45) is 0. The molecule has 0 aliphatic rings. The second kappa shape index (κ2) is 5.94. The van der Waals surface area contributed by atoms with Gasteiger partial charge < -0.3 is 0 Å². The van der Waals surface area contributed by atoms with Crippen LogP contribution in [0.2, 0.25) is 0 Å². The molecule has 28 heavy (non-hydrogen) atoms. The molecule has 0 heterocycles. The highest BCUT2D eigenvalue weighted by atomic mass is 14.2. The largest absolute Gasteiger partial charge is 0.0636 e. The molecule has 0 amide bonds. The molecule has 0 N–H and O–H groups in total. The maximum atomic E-state index is 8.97. The summed E-state index contributed by atoms with van der Waals surface area (Å²) < 4.78 is 155. The fourth-order valence-corrected chi connectivity index (χ4v) is 3.38. The van der Waals surface area contributed by atoms with Gasteiger partial charge >= 0.3 is 0 Å². The van der Waals surface area contributed by atoms with Crippen LogP contribution in [0.25, 0.3) is 54.2 Å². The van der Waals surface area contributed by atoms with Crippen LogP contribution in [-0.2, 0) is 0 Å². The zero-order chi connectivity index (χ0) is 34.2. The van der Waals surface area contributed by atoms with Crippen LogP contribution < -0.4 is 0 Å². The van der Waals surface area contributed by atoms with Crippen molar-refractivity contribution >= 4 is 43.1 Å². The smallest absolute Gasteiger partial charge is 0.0616 e. The minimum Gasteiger partial charge on any atom is -0.0616 e. The van der Waals surface area contributed by atoms with Crippen LogP contribution in [-0.4, -0.2) is 0 Å². The van der Waals surface area contributed by atoms with Crippen molar-refractivity contribution in [3.05, 3.63) is 109 Å². The van der Waals surface area contributed by atoms with Crippen molar-refractivity contribution in [1.29, 1.82) is 0 Å². The number of fused-ring (bicyclic) bond motifs is 4. The van der Waals surface area contributed by atoms with Crippen molar-refractivity contribution in [2.75, 3.05) is 0 Å². The predicted octanol–water partition coefficient (Wildman–Crippen LogP) is 7.97. The Labute approximate surface area is 189 Å². The quantitative estimate of drug-likeness (QED) is 0.257. The fourth-order valence-electron chi connectivity index (χ4n) is 3.38. The van der Waals surface area contributed by atoms with Crippen molar-refractivity contribution in [3.63, 3.8) is 0 Å². The highest BCUT2D eigenvalue weighted by Gasteiger charge is 2.15. The molecule has 0 aliphatic carbocycles. The minimum absolute atomic E-state index is 0.468. The highest BCUT2D eigenvalue weighted by molar-refractivity contribution is 6.23. The van der Waals surface area contributed by atoms with Crippen molar-refractivity contribution in [2.45, 2.75) is 0 Å². The summed E-state index contributed by atoms with van der Waals surface area (Å²) in [7, 11) is 0. The SMILES string of the molecule is [2H]c1c([2H])c([2H])c2c(-c3c4c([2H])c([2H])c([2H])c([2H])c4c([2H])c4c([2H])c([2H])c([2H])c([2H])c34)c3c([2H])c([2H])c([2H])c([2H])c3c([2H])c2c1[2H].